The van der Waals surface area contributed by atoms with E-state index in [-0.39, 0.29) is 12.5 Å². The Hall–Kier alpha value is -0.610. The monoisotopic (exact) mass is 199 g/mol. The van der Waals surface area contributed by atoms with Crippen molar-refractivity contribution in [3.8, 4) is 0 Å². The number of hydrogen-bond donors (Lipinski definition) is 2. The molecule has 0 aromatic heterocycles. The second-order valence-corrected chi connectivity index (χ2v) is 4.58. The lowest BCUT2D eigenvalue weighted by atomic mass is 9.96. The summed E-state index contributed by atoms with van der Waals surface area (Å²) in [5.74, 6) is -0.137. The number of aliphatic carboxylic acids is 1. The summed E-state index contributed by atoms with van der Waals surface area (Å²) in [4.78, 5) is 11.0. The van der Waals surface area contributed by atoms with E-state index in [2.05, 4.69) is 0 Å². The largest absolute Gasteiger partial charge is 0.480 e. The standard InChI is InChI=1S/C10H17NO3/c11-10(9(12)13,8-3-4-8)6-14-5-7-1-2-7/h7-8H,1-6,11H2,(H,12,13). The molecule has 0 heterocycles. The zero-order valence-corrected chi connectivity index (χ0v) is 8.24. The SMILES string of the molecule is NC(COCC1CC1)(C(=O)O)C1CC1. The summed E-state index contributed by atoms with van der Waals surface area (Å²) in [6, 6.07) is 0. The van der Waals surface area contributed by atoms with E-state index in [1.54, 1.807) is 0 Å². The number of ether oxygens (including phenoxy) is 1. The maximum absolute atomic E-state index is 11.0. The molecule has 4 heteroatoms. The topological polar surface area (TPSA) is 72.5 Å². The van der Waals surface area contributed by atoms with E-state index in [4.69, 9.17) is 15.6 Å². The Morgan fingerprint density at radius 2 is 2.07 bits per heavy atom. The van der Waals surface area contributed by atoms with E-state index < -0.39 is 11.5 Å². The second-order valence-electron chi connectivity index (χ2n) is 4.58. The zero-order valence-electron chi connectivity index (χ0n) is 8.24. The van der Waals surface area contributed by atoms with E-state index in [1.165, 1.54) is 12.8 Å². The van der Waals surface area contributed by atoms with Gasteiger partial charge in [-0.25, -0.2) is 0 Å². The maximum atomic E-state index is 11.0. The molecular weight excluding hydrogens is 182 g/mol. The van der Waals surface area contributed by atoms with Gasteiger partial charge in [0, 0.05) is 6.61 Å². The molecule has 0 bridgehead atoms. The number of carboxylic acids is 1. The Bertz CT molecular complexity index is 236. The molecule has 4 nitrogen and oxygen atoms in total. The Kier molecular flexibility index (Phi) is 2.49. The molecule has 14 heavy (non-hydrogen) atoms. The van der Waals surface area contributed by atoms with Crippen LogP contribution in [0.4, 0.5) is 0 Å². The molecule has 2 rings (SSSR count). The number of hydrogen-bond acceptors (Lipinski definition) is 3. The van der Waals surface area contributed by atoms with Gasteiger partial charge in [0.05, 0.1) is 6.61 Å². The number of rotatable bonds is 6. The Balaban J connectivity index is 1.79. The van der Waals surface area contributed by atoms with Crippen molar-refractivity contribution in [2.24, 2.45) is 17.6 Å². The van der Waals surface area contributed by atoms with E-state index >= 15 is 0 Å². The van der Waals surface area contributed by atoms with Crippen LogP contribution in [-0.4, -0.2) is 29.8 Å². The molecule has 2 fully saturated rings. The molecule has 1 atom stereocenters. The molecule has 0 radical (unpaired) electrons. The van der Waals surface area contributed by atoms with Gasteiger partial charge in [-0.3, -0.25) is 4.79 Å². The van der Waals surface area contributed by atoms with Crippen LogP contribution in [0.1, 0.15) is 25.7 Å². The van der Waals surface area contributed by atoms with Crippen molar-refractivity contribution in [2.75, 3.05) is 13.2 Å². The van der Waals surface area contributed by atoms with E-state index in [9.17, 15) is 4.79 Å². The molecule has 0 amide bonds. The summed E-state index contributed by atoms with van der Waals surface area (Å²) in [5.41, 5.74) is 4.70. The molecular formula is C10H17NO3. The molecule has 80 valence electrons. The zero-order chi connectivity index (χ0) is 10.2. The quantitative estimate of drug-likeness (QED) is 0.657. The van der Waals surface area contributed by atoms with Gasteiger partial charge in [0.2, 0.25) is 0 Å². The van der Waals surface area contributed by atoms with Crippen LogP contribution >= 0.6 is 0 Å². The van der Waals surface area contributed by atoms with Gasteiger partial charge in [-0.05, 0) is 37.5 Å². The van der Waals surface area contributed by atoms with Crippen LogP contribution in [0, 0.1) is 11.8 Å². The van der Waals surface area contributed by atoms with Crippen LogP contribution in [0.15, 0.2) is 0 Å². The summed E-state index contributed by atoms with van der Waals surface area (Å²) >= 11 is 0. The van der Waals surface area contributed by atoms with Gasteiger partial charge < -0.3 is 15.6 Å². The lowest BCUT2D eigenvalue weighted by Gasteiger charge is -2.24. The predicted molar refractivity (Wildman–Crippen MR) is 50.8 cm³/mol. The van der Waals surface area contributed by atoms with Crippen molar-refractivity contribution in [2.45, 2.75) is 31.2 Å². The third-order valence-electron chi connectivity index (χ3n) is 3.10. The van der Waals surface area contributed by atoms with Gasteiger partial charge in [-0.15, -0.1) is 0 Å². The molecule has 2 saturated carbocycles. The molecule has 0 saturated heterocycles. The van der Waals surface area contributed by atoms with Gasteiger partial charge in [0.25, 0.3) is 0 Å². The van der Waals surface area contributed by atoms with Crippen molar-refractivity contribution < 1.29 is 14.6 Å². The molecule has 0 aliphatic heterocycles. The Labute approximate surface area is 83.4 Å². The summed E-state index contributed by atoms with van der Waals surface area (Å²) in [5, 5.41) is 9.02. The first kappa shape index (κ1) is 9.93. The highest BCUT2D eigenvalue weighted by atomic mass is 16.5. The third-order valence-corrected chi connectivity index (χ3v) is 3.10. The van der Waals surface area contributed by atoms with Crippen molar-refractivity contribution >= 4 is 5.97 Å². The van der Waals surface area contributed by atoms with E-state index in [1.807, 2.05) is 0 Å². The summed E-state index contributed by atoms with van der Waals surface area (Å²) < 4.78 is 5.38. The van der Waals surface area contributed by atoms with Crippen LogP contribution in [0.25, 0.3) is 0 Å². The molecule has 1 unspecified atom stereocenters. The number of carboxylic acid groups (broad SMARTS) is 1. The first-order valence-electron chi connectivity index (χ1n) is 5.23. The van der Waals surface area contributed by atoms with Crippen molar-refractivity contribution in [1.29, 1.82) is 0 Å². The lowest BCUT2D eigenvalue weighted by Crippen LogP contribution is -2.54. The summed E-state index contributed by atoms with van der Waals surface area (Å²) in [6.07, 6.45) is 4.29. The fourth-order valence-electron chi connectivity index (χ4n) is 1.63. The van der Waals surface area contributed by atoms with Crippen molar-refractivity contribution in [3.05, 3.63) is 0 Å². The minimum Gasteiger partial charge on any atom is -0.480 e. The van der Waals surface area contributed by atoms with Gasteiger partial charge >= 0.3 is 5.97 Å². The first-order chi connectivity index (χ1) is 6.63. The summed E-state index contributed by atoms with van der Waals surface area (Å²) in [6.45, 7) is 0.850. The fourth-order valence-corrected chi connectivity index (χ4v) is 1.63. The Morgan fingerprint density at radius 1 is 1.43 bits per heavy atom. The normalized spacial score (nSPS) is 25.8. The predicted octanol–water partition coefficient (Wildman–Crippen LogP) is 0.605. The molecule has 0 aromatic carbocycles. The van der Waals surface area contributed by atoms with Gasteiger partial charge in [0.1, 0.15) is 5.54 Å². The average Bonchev–Trinajstić information content (AvgIpc) is 2.98. The highest BCUT2D eigenvalue weighted by Crippen LogP contribution is 2.39. The smallest absolute Gasteiger partial charge is 0.326 e. The highest BCUT2D eigenvalue weighted by molar-refractivity contribution is 5.79. The maximum Gasteiger partial charge on any atom is 0.326 e. The van der Waals surface area contributed by atoms with Crippen LogP contribution in [0.2, 0.25) is 0 Å². The van der Waals surface area contributed by atoms with Crippen LogP contribution in [0.3, 0.4) is 0 Å². The fraction of sp³-hybridized carbons (Fsp3) is 0.900. The average molecular weight is 199 g/mol. The van der Waals surface area contributed by atoms with Crippen LogP contribution < -0.4 is 5.73 Å². The van der Waals surface area contributed by atoms with Crippen molar-refractivity contribution in [1.82, 2.24) is 0 Å². The molecule has 2 aliphatic rings. The minimum atomic E-state index is -1.13. The molecule has 3 N–H and O–H groups in total. The van der Waals surface area contributed by atoms with Gasteiger partial charge in [0.15, 0.2) is 0 Å². The second kappa shape index (κ2) is 3.51. The van der Waals surface area contributed by atoms with Crippen molar-refractivity contribution in [3.63, 3.8) is 0 Å². The van der Waals surface area contributed by atoms with Crippen LogP contribution in [0.5, 0.6) is 0 Å². The van der Waals surface area contributed by atoms with Gasteiger partial charge in [-0.2, -0.15) is 0 Å². The van der Waals surface area contributed by atoms with Gasteiger partial charge in [-0.1, -0.05) is 0 Å². The molecule has 0 spiro atoms. The van der Waals surface area contributed by atoms with E-state index in [0.29, 0.717) is 12.5 Å². The third kappa shape index (κ3) is 2.07. The first-order valence-corrected chi connectivity index (χ1v) is 5.23. The molecule has 0 aromatic rings. The number of nitrogens with two attached hydrogens (primary N) is 1. The lowest BCUT2D eigenvalue weighted by molar-refractivity contribution is -0.147. The van der Waals surface area contributed by atoms with E-state index in [0.717, 1.165) is 12.8 Å². The van der Waals surface area contributed by atoms with Crippen LogP contribution in [-0.2, 0) is 9.53 Å². The number of carbonyl (C=O) groups is 1. The molecule has 2 aliphatic carbocycles. The Morgan fingerprint density at radius 3 is 2.50 bits per heavy atom. The summed E-state index contributed by atoms with van der Waals surface area (Å²) in [7, 11) is 0. The minimum absolute atomic E-state index is 0.124. The highest BCUT2D eigenvalue weighted by Gasteiger charge is 2.48.